The van der Waals surface area contributed by atoms with Crippen molar-refractivity contribution in [1.82, 2.24) is 4.98 Å². The lowest BCUT2D eigenvalue weighted by atomic mass is 10.5. The molecule has 6 heteroatoms. The third kappa shape index (κ3) is 4.23. The van der Waals surface area contributed by atoms with Crippen molar-refractivity contribution in [2.45, 2.75) is 0 Å². The molecule has 0 fully saturated rings. The van der Waals surface area contributed by atoms with E-state index in [9.17, 15) is 0 Å². The second-order valence-electron chi connectivity index (χ2n) is 2.35. The third-order valence-corrected chi connectivity index (χ3v) is 2.71. The molecule has 0 atom stereocenters. The Morgan fingerprint density at radius 2 is 2.43 bits per heavy atom. The van der Waals surface area contributed by atoms with Crippen molar-refractivity contribution in [3.8, 4) is 0 Å². The van der Waals surface area contributed by atoms with E-state index in [1.165, 1.54) is 11.8 Å². The van der Waals surface area contributed by atoms with Crippen LogP contribution in [0.25, 0.3) is 0 Å². The lowest BCUT2D eigenvalue weighted by molar-refractivity contribution is 0.323. The average Bonchev–Trinajstić information content (AvgIpc) is 2.18. The molecule has 0 amide bonds. The Balaban J connectivity index is 2.44. The molecular weight excluding hydrogens is 240 g/mol. The van der Waals surface area contributed by atoms with Crippen LogP contribution in [0.2, 0.25) is 5.02 Å². The first kappa shape index (κ1) is 11.7. The minimum atomic E-state index is 0.112. The van der Waals surface area contributed by atoms with Gasteiger partial charge in [-0.15, -0.1) is 0 Å². The Bertz CT molecular complexity index is 305. The number of aliphatic hydroxyl groups excluding tert-OH is 1. The zero-order valence-corrected chi connectivity index (χ0v) is 9.62. The van der Waals surface area contributed by atoms with Gasteiger partial charge in [-0.05, 0) is 12.1 Å². The summed E-state index contributed by atoms with van der Waals surface area (Å²) in [7, 11) is 0. The van der Waals surface area contributed by atoms with E-state index in [1.54, 1.807) is 18.3 Å². The highest BCUT2D eigenvalue weighted by molar-refractivity contribution is 8.23. The van der Waals surface area contributed by atoms with E-state index in [0.29, 0.717) is 20.9 Å². The molecule has 1 aromatic heterocycles. The fourth-order valence-electron chi connectivity index (χ4n) is 0.729. The van der Waals surface area contributed by atoms with Gasteiger partial charge in [0.2, 0.25) is 0 Å². The SMILES string of the molecule is OCCSC(=S)Nc1ccc(Cl)cn1. The fourth-order valence-corrected chi connectivity index (χ4v) is 1.65. The maximum absolute atomic E-state index is 8.58. The van der Waals surface area contributed by atoms with Crippen LogP contribution in [0.5, 0.6) is 0 Å². The van der Waals surface area contributed by atoms with Crippen LogP contribution in [0.1, 0.15) is 0 Å². The number of thioether (sulfide) groups is 1. The quantitative estimate of drug-likeness (QED) is 0.803. The molecule has 3 nitrogen and oxygen atoms in total. The molecule has 2 N–H and O–H groups in total. The third-order valence-electron chi connectivity index (χ3n) is 1.28. The number of hydrogen-bond donors (Lipinski definition) is 2. The van der Waals surface area contributed by atoms with E-state index < -0.39 is 0 Å². The highest BCUT2D eigenvalue weighted by Crippen LogP contribution is 2.12. The van der Waals surface area contributed by atoms with Crippen LogP contribution >= 0.6 is 35.6 Å². The summed E-state index contributed by atoms with van der Waals surface area (Å²) in [6.45, 7) is 0.112. The largest absolute Gasteiger partial charge is 0.396 e. The Hall–Kier alpha value is -0.360. The topological polar surface area (TPSA) is 45.1 Å². The summed E-state index contributed by atoms with van der Waals surface area (Å²) in [5, 5.41) is 12.1. The van der Waals surface area contributed by atoms with E-state index in [4.69, 9.17) is 28.9 Å². The Kier molecular flexibility index (Phi) is 5.17. The minimum absolute atomic E-state index is 0.112. The molecule has 0 saturated heterocycles. The number of pyridine rings is 1. The number of aromatic nitrogens is 1. The summed E-state index contributed by atoms with van der Waals surface area (Å²) < 4.78 is 0.592. The molecule has 1 heterocycles. The van der Waals surface area contributed by atoms with Crippen molar-refractivity contribution in [3.63, 3.8) is 0 Å². The highest BCUT2D eigenvalue weighted by atomic mass is 35.5. The number of rotatable bonds is 3. The Morgan fingerprint density at radius 1 is 1.64 bits per heavy atom. The summed E-state index contributed by atoms with van der Waals surface area (Å²) in [6.07, 6.45) is 1.54. The number of aliphatic hydroxyl groups is 1. The molecule has 0 aliphatic carbocycles. The first-order valence-corrected chi connectivity index (χ1v) is 5.66. The molecule has 0 saturated carbocycles. The van der Waals surface area contributed by atoms with Gasteiger partial charge in [0.25, 0.3) is 0 Å². The van der Waals surface area contributed by atoms with Gasteiger partial charge in [-0.1, -0.05) is 35.6 Å². The molecule has 0 aliphatic heterocycles. The predicted octanol–water partition coefficient (Wildman–Crippen LogP) is 2.16. The molecule has 0 aromatic carbocycles. The lowest BCUT2D eigenvalue weighted by Gasteiger charge is -2.05. The summed E-state index contributed by atoms with van der Waals surface area (Å²) in [6, 6.07) is 3.48. The zero-order valence-electron chi connectivity index (χ0n) is 7.24. The van der Waals surface area contributed by atoms with Crippen LogP contribution in [-0.2, 0) is 0 Å². The first-order valence-electron chi connectivity index (χ1n) is 3.88. The molecular formula is C8H9ClN2OS2. The zero-order chi connectivity index (χ0) is 10.4. The van der Waals surface area contributed by atoms with Crippen molar-refractivity contribution in [2.75, 3.05) is 17.7 Å². The smallest absolute Gasteiger partial charge is 0.139 e. The number of thiocarbonyl (C=S) groups is 1. The monoisotopic (exact) mass is 248 g/mol. The Labute approximate surface area is 96.9 Å². The average molecular weight is 249 g/mol. The number of nitrogens with one attached hydrogen (secondary N) is 1. The maximum atomic E-state index is 8.58. The first-order chi connectivity index (χ1) is 6.72. The second-order valence-corrected chi connectivity index (χ2v) is 4.55. The summed E-state index contributed by atoms with van der Waals surface area (Å²) in [5.74, 6) is 1.24. The van der Waals surface area contributed by atoms with Crippen LogP contribution in [0, 0.1) is 0 Å². The minimum Gasteiger partial charge on any atom is -0.396 e. The van der Waals surface area contributed by atoms with Crippen molar-refractivity contribution >= 4 is 45.7 Å². The molecule has 14 heavy (non-hydrogen) atoms. The van der Waals surface area contributed by atoms with Crippen molar-refractivity contribution in [1.29, 1.82) is 0 Å². The van der Waals surface area contributed by atoms with Gasteiger partial charge in [0.05, 0.1) is 11.6 Å². The molecule has 1 aromatic rings. The van der Waals surface area contributed by atoms with Crippen LogP contribution in [-0.4, -0.2) is 26.8 Å². The lowest BCUT2D eigenvalue weighted by Crippen LogP contribution is -2.07. The molecule has 0 aliphatic rings. The molecule has 0 unspecified atom stereocenters. The molecule has 0 spiro atoms. The van der Waals surface area contributed by atoms with Gasteiger partial charge in [0.1, 0.15) is 10.1 Å². The molecule has 0 radical (unpaired) electrons. The summed E-state index contributed by atoms with van der Waals surface area (Å²) in [4.78, 5) is 4.02. The van der Waals surface area contributed by atoms with Gasteiger partial charge >= 0.3 is 0 Å². The molecule has 1 rings (SSSR count). The van der Waals surface area contributed by atoms with E-state index in [-0.39, 0.29) is 6.61 Å². The number of hydrogen-bond acceptors (Lipinski definition) is 4. The van der Waals surface area contributed by atoms with Crippen LogP contribution in [0.4, 0.5) is 5.82 Å². The van der Waals surface area contributed by atoms with Crippen LogP contribution < -0.4 is 5.32 Å². The van der Waals surface area contributed by atoms with Crippen molar-refractivity contribution in [2.24, 2.45) is 0 Å². The second kappa shape index (κ2) is 6.19. The van der Waals surface area contributed by atoms with Crippen LogP contribution in [0.3, 0.4) is 0 Å². The normalized spacial score (nSPS) is 9.86. The summed E-state index contributed by atoms with van der Waals surface area (Å²) >= 11 is 12.0. The molecule has 0 bridgehead atoms. The predicted molar refractivity (Wildman–Crippen MR) is 65.0 cm³/mol. The van der Waals surface area contributed by atoms with Gasteiger partial charge in [0, 0.05) is 11.9 Å². The van der Waals surface area contributed by atoms with Gasteiger partial charge in [-0.25, -0.2) is 4.98 Å². The van der Waals surface area contributed by atoms with E-state index >= 15 is 0 Å². The van der Waals surface area contributed by atoms with Gasteiger partial charge in [-0.3, -0.25) is 0 Å². The van der Waals surface area contributed by atoms with E-state index in [2.05, 4.69) is 10.3 Å². The number of halogens is 1. The standard InChI is InChI=1S/C8H9ClN2OS2/c9-6-1-2-7(10-5-6)11-8(13)14-4-3-12/h1-2,5,12H,3-4H2,(H,10,11,13). The Morgan fingerprint density at radius 3 is 3.00 bits per heavy atom. The van der Waals surface area contributed by atoms with Gasteiger partial charge < -0.3 is 10.4 Å². The highest BCUT2D eigenvalue weighted by Gasteiger charge is 1.98. The van der Waals surface area contributed by atoms with Gasteiger partial charge in [-0.2, -0.15) is 0 Å². The fraction of sp³-hybridized carbons (Fsp3) is 0.250. The van der Waals surface area contributed by atoms with Gasteiger partial charge in [0.15, 0.2) is 0 Å². The number of anilines is 1. The van der Waals surface area contributed by atoms with E-state index in [1.807, 2.05) is 0 Å². The van der Waals surface area contributed by atoms with Crippen LogP contribution in [0.15, 0.2) is 18.3 Å². The van der Waals surface area contributed by atoms with Crippen molar-refractivity contribution < 1.29 is 5.11 Å². The van der Waals surface area contributed by atoms with Crippen molar-refractivity contribution in [3.05, 3.63) is 23.4 Å². The summed E-state index contributed by atoms with van der Waals surface area (Å²) in [5.41, 5.74) is 0. The number of nitrogens with zero attached hydrogens (tertiary/aromatic N) is 1. The molecule has 76 valence electrons. The maximum Gasteiger partial charge on any atom is 0.139 e. The van der Waals surface area contributed by atoms with E-state index in [0.717, 1.165) is 0 Å².